The second-order valence-corrected chi connectivity index (χ2v) is 13.5. The lowest BCUT2D eigenvalue weighted by Gasteiger charge is -2.57. The molecule has 8 atom stereocenters. The summed E-state index contributed by atoms with van der Waals surface area (Å²) in [5, 5.41) is 11.6. The summed E-state index contributed by atoms with van der Waals surface area (Å²) in [6.07, 6.45) is 11.1. The van der Waals surface area contributed by atoms with E-state index in [4.69, 9.17) is 9.47 Å². The second-order valence-electron chi connectivity index (χ2n) is 13.5. The van der Waals surface area contributed by atoms with Crippen LogP contribution in [0.2, 0.25) is 0 Å². The van der Waals surface area contributed by atoms with E-state index in [1.54, 1.807) is 18.3 Å². The van der Waals surface area contributed by atoms with Gasteiger partial charge in [-0.25, -0.2) is 0 Å². The number of carbonyl (C=O) groups excluding carboxylic acids is 2. The fourth-order valence-corrected chi connectivity index (χ4v) is 9.40. The van der Waals surface area contributed by atoms with E-state index in [1.807, 2.05) is 6.92 Å². The average molecular weight is 503 g/mol. The Morgan fingerprint density at radius 1 is 0.972 bits per heavy atom. The van der Waals surface area contributed by atoms with Crippen molar-refractivity contribution in [1.29, 1.82) is 0 Å². The number of fused-ring (bicyclic) bond motifs is 4. The molecule has 5 heteroatoms. The predicted octanol–water partition coefficient (Wildman–Crippen LogP) is 6.48. The molecule has 0 radical (unpaired) electrons. The Bertz CT molecular complexity index is 887. The van der Waals surface area contributed by atoms with Gasteiger partial charge in [-0.2, -0.15) is 0 Å². The molecular formula is C31H50O5. The summed E-state index contributed by atoms with van der Waals surface area (Å²) in [6.45, 7) is 11.3. The molecular weight excluding hydrogens is 452 g/mol. The summed E-state index contributed by atoms with van der Waals surface area (Å²) < 4.78 is 10.4. The lowest BCUT2D eigenvalue weighted by atomic mass is 9.47. The van der Waals surface area contributed by atoms with E-state index in [1.165, 1.54) is 7.11 Å². The third-order valence-corrected chi connectivity index (χ3v) is 11.6. The molecule has 0 aliphatic heterocycles. The van der Waals surface area contributed by atoms with Crippen LogP contribution in [0.1, 0.15) is 105 Å². The van der Waals surface area contributed by atoms with Crippen molar-refractivity contribution in [2.45, 2.75) is 111 Å². The van der Waals surface area contributed by atoms with Gasteiger partial charge in [0.25, 0.3) is 0 Å². The van der Waals surface area contributed by atoms with E-state index in [2.05, 4.69) is 27.7 Å². The number of rotatable bonds is 7. The second kappa shape index (κ2) is 10.1. The van der Waals surface area contributed by atoms with Gasteiger partial charge in [-0.15, -0.1) is 0 Å². The van der Waals surface area contributed by atoms with Gasteiger partial charge in [0, 0.05) is 0 Å². The van der Waals surface area contributed by atoms with Gasteiger partial charge in [-0.1, -0.05) is 51.7 Å². The number of aliphatic hydroxyl groups is 1. The fraction of sp³-hybridized carbons (Fsp3) is 0.871. The molecule has 0 saturated heterocycles. The normalized spacial score (nSPS) is 40.8. The topological polar surface area (TPSA) is 72.8 Å². The number of hydrogen-bond acceptors (Lipinski definition) is 5. The number of methoxy groups -OCH3 is 2. The monoisotopic (exact) mass is 502 g/mol. The van der Waals surface area contributed by atoms with Crippen LogP contribution in [0.25, 0.3) is 0 Å². The molecule has 204 valence electrons. The quantitative estimate of drug-likeness (QED) is 0.319. The number of allylic oxidation sites excluding steroid dienone is 2. The molecule has 0 spiro atoms. The Hall–Kier alpha value is -1.36. The molecule has 8 unspecified atom stereocenters. The Morgan fingerprint density at radius 3 is 2.33 bits per heavy atom. The van der Waals surface area contributed by atoms with Crippen LogP contribution < -0.4 is 0 Å². The minimum absolute atomic E-state index is 0.0182. The standard InChI is InChI=1S/C31H50O5/c1-19(2)9-8-10-22(27(32)35-6)24-16-18-30(4)23-13-14-25-20(21(23)15-17-29(24,30)3)11-12-26(28(33)36-7)31(25,5)34/h19-20,22,24-26,34H,8-18H2,1-7H3. The van der Waals surface area contributed by atoms with E-state index >= 15 is 0 Å². The van der Waals surface area contributed by atoms with Crippen LogP contribution in [0.4, 0.5) is 0 Å². The highest BCUT2D eigenvalue weighted by Crippen LogP contribution is 2.70. The highest BCUT2D eigenvalue weighted by atomic mass is 16.5. The first-order chi connectivity index (χ1) is 16.9. The van der Waals surface area contributed by atoms with E-state index in [9.17, 15) is 14.7 Å². The predicted molar refractivity (Wildman–Crippen MR) is 141 cm³/mol. The van der Waals surface area contributed by atoms with Crippen molar-refractivity contribution in [1.82, 2.24) is 0 Å². The summed E-state index contributed by atoms with van der Waals surface area (Å²) in [6, 6.07) is 0. The van der Waals surface area contributed by atoms with E-state index < -0.39 is 11.5 Å². The van der Waals surface area contributed by atoms with Gasteiger partial charge in [0.15, 0.2) is 0 Å². The molecule has 0 amide bonds. The minimum Gasteiger partial charge on any atom is -0.469 e. The lowest BCUT2D eigenvalue weighted by Crippen LogP contribution is -2.55. The maximum Gasteiger partial charge on any atom is 0.311 e. The van der Waals surface area contributed by atoms with Crippen LogP contribution in [0.3, 0.4) is 0 Å². The fourth-order valence-electron chi connectivity index (χ4n) is 9.40. The Morgan fingerprint density at radius 2 is 1.69 bits per heavy atom. The summed E-state index contributed by atoms with van der Waals surface area (Å²) in [5.74, 6) is 0.726. The molecule has 2 fully saturated rings. The summed E-state index contributed by atoms with van der Waals surface area (Å²) >= 11 is 0. The van der Waals surface area contributed by atoms with Crippen LogP contribution in [0.5, 0.6) is 0 Å². The van der Waals surface area contributed by atoms with Crippen LogP contribution in [-0.4, -0.2) is 36.9 Å². The zero-order valence-corrected chi connectivity index (χ0v) is 23.8. The van der Waals surface area contributed by atoms with E-state index in [0.29, 0.717) is 24.2 Å². The summed E-state index contributed by atoms with van der Waals surface area (Å²) in [7, 11) is 2.98. The number of hydrogen-bond donors (Lipinski definition) is 1. The SMILES string of the molecule is COC(=O)C(CCCC(C)C)C1CCC2(C)C3=C(CCC12C)C1CCC(C(=O)OC)C(C)(O)C1CC3. The Kier molecular flexibility index (Phi) is 7.74. The Labute approximate surface area is 218 Å². The molecule has 36 heavy (non-hydrogen) atoms. The summed E-state index contributed by atoms with van der Waals surface area (Å²) in [4.78, 5) is 25.5. The van der Waals surface area contributed by atoms with Gasteiger partial charge in [0.1, 0.15) is 0 Å². The lowest BCUT2D eigenvalue weighted by molar-refractivity contribution is -0.168. The van der Waals surface area contributed by atoms with Crippen molar-refractivity contribution in [3.63, 3.8) is 0 Å². The third kappa shape index (κ3) is 4.25. The third-order valence-electron chi connectivity index (χ3n) is 11.6. The van der Waals surface area contributed by atoms with Crippen molar-refractivity contribution >= 4 is 11.9 Å². The van der Waals surface area contributed by atoms with Crippen molar-refractivity contribution < 1.29 is 24.2 Å². The van der Waals surface area contributed by atoms with Gasteiger partial charge in [-0.05, 0) is 99.2 Å². The van der Waals surface area contributed by atoms with Gasteiger partial charge in [0.05, 0.1) is 31.7 Å². The van der Waals surface area contributed by atoms with Gasteiger partial charge in [-0.3, -0.25) is 9.59 Å². The molecule has 0 heterocycles. The average Bonchev–Trinajstić information content (AvgIpc) is 3.11. The maximum atomic E-state index is 13.0. The van der Waals surface area contributed by atoms with Gasteiger partial charge < -0.3 is 14.6 Å². The van der Waals surface area contributed by atoms with Crippen LogP contribution >= 0.6 is 0 Å². The molecule has 2 saturated carbocycles. The molecule has 0 aromatic rings. The molecule has 4 aliphatic rings. The minimum atomic E-state index is -1.03. The number of ether oxygens (including phenoxy) is 2. The molecule has 1 N–H and O–H groups in total. The first kappa shape index (κ1) is 27.7. The largest absolute Gasteiger partial charge is 0.469 e. The zero-order valence-electron chi connectivity index (χ0n) is 23.8. The smallest absolute Gasteiger partial charge is 0.311 e. The van der Waals surface area contributed by atoms with E-state index in [-0.39, 0.29) is 34.6 Å². The van der Waals surface area contributed by atoms with Crippen molar-refractivity contribution in [3.8, 4) is 0 Å². The summed E-state index contributed by atoms with van der Waals surface area (Å²) in [5.41, 5.74) is 2.34. The van der Waals surface area contributed by atoms with E-state index in [0.717, 1.165) is 64.2 Å². The molecule has 4 rings (SSSR count). The highest BCUT2D eigenvalue weighted by Gasteiger charge is 2.63. The zero-order chi connectivity index (χ0) is 26.5. The Balaban J connectivity index is 1.62. The molecule has 0 aromatic carbocycles. The molecule has 0 bridgehead atoms. The maximum absolute atomic E-state index is 13.0. The molecule has 5 nitrogen and oxygen atoms in total. The highest BCUT2D eigenvalue weighted by molar-refractivity contribution is 5.74. The van der Waals surface area contributed by atoms with Crippen molar-refractivity contribution in [2.75, 3.05) is 14.2 Å². The molecule has 4 aliphatic carbocycles. The van der Waals surface area contributed by atoms with Crippen LogP contribution in [0, 0.1) is 46.3 Å². The van der Waals surface area contributed by atoms with Gasteiger partial charge in [0.2, 0.25) is 0 Å². The van der Waals surface area contributed by atoms with Crippen LogP contribution in [-0.2, 0) is 19.1 Å². The first-order valence-corrected chi connectivity index (χ1v) is 14.5. The number of carbonyl (C=O) groups is 2. The van der Waals surface area contributed by atoms with Crippen molar-refractivity contribution in [3.05, 3.63) is 11.1 Å². The molecule has 0 aromatic heterocycles. The van der Waals surface area contributed by atoms with Crippen molar-refractivity contribution in [2.24, 2.45) is 46.3 Å². The van der Waals surface area contributed by atoms with Gasteiger partial charge >= 0.3 is 11.9 Å². The number of esters is 2. The first-order valence-electron chi connectivity index (χ1n) is 14.5. The van der Waals surface area contributed by atoms with Crippen LogP contribution in [0.15, 0.2) is 11.1 Å².